The molecule has 0 aliphatic carbocycles. The molecule has 1 amide bonds. The lowest BCUT2D eigenvalue weighted by atomic mass is 10.0. The van der Waals surface area contributed by atoms with Gasteiger partial charge in [0.25, 0.3) is 0 Å². The van der Waals surface area contributed by atoms with Gasteiger partial charge in [-0.3, -0.25) is 9.88 Å². The fourth-order valence-corrected chi connectivity index (χ4v) is 4.37. The maximum Gasteiger partial charge on any atom is 0.412 e. The van der Waals surface area contributed by atoms with E-state index in [0.717, 1.165) is 23.6 Å². The highest BCUT2D eigenvalue weighted by molar-refractivity contribution is 5.83. The van der Waals surface area contributed by atoms with Gasteiger partial charge in [0, 0.05) is 0 Å². The first-order valence-corrected chi connectivity index (χ1v) is 13.6. The van der Waals surface area contributed by atoms with Crippen molar-refractivity contribution in [3.05, 3.63) is 22.5 Å². The second kappa shape index (κ2) is 16.7. The summed E-state index contributed by atoms with van der Waals surface area (Å²) >= 11 is 0. The minimum absolute atomic E-state index is 0.195. The van der Waals surface area contributed by atoms with Crippen LogP contribution in [0.1, 0.15) is 110 Å². The van der Waals surface area contributed by atoms with E-state index in [-0.39, 0.29) is 6.61 Å². The van der Waals surface area contributed by atoms with E-state index in [1.165, 1.54) is 77.6 Å². The first kappa shape index (κ1) is 30.2. The molecule has 2 heterocycles. The molecule has 0 saturated carbocycles. The largest absolute Gasteiger partial charge is 0.449 e. The lowest BCUT2D eigenvalue weighted by molar-refractivity contribution is -0.0355. The number of rotatable bonds is 17. The number of hydrogen-bond donors (Lipinski definition) is 3. The minimum Gasteiger partial charge on any atom is -0.449 e. The number of unbranched alkanes of at least 4 members (excludes halogenated alkanes) is 13. The monoisotopic (exact) mass is 513 g/mol. The number of nitrogens with zero attached hydrogens (tertiary/aromatic N) is 2. The number of aliphatic hydroxyl groups is 2. The molecule has 1 fully saturated rings. The average molecular weight is 514 g/mol. The van der Waals surface area contributed by atoms with E-state index in [1.807, 2.05) is 0 Å². The Labute approximate surface area is 213 Å². The van der Waals surface area contributed by atoms with Crippen LogP contribution in [-0.4, -0.2) is 50.8 Å². The van der Waals surface area contributed by atoms with Crippen molar-refractivity contribution in [1.82, 2.24) is 9.55 Å². The van der Waals surface area contributed by atoms with Gasteiger partial charge in [0.05, 0.1) is 18.9 Å². The fourth-order valence-electron chi connectivity index (χ4n) is 4.37. The lowest BCUT2D eigenvalue weighted by Crippen LogP contribution is -2.36. The molecule has 1 aromatic rings. The number of anilines is 1. The van der Waals surface area contributed by atoms with Crippen LogP contribution in [0.2, 0.25) is 0 Å². The van der Waals surface area contributed by atoms with Gasteiger partial charge in [-0.2, -0.15) is 4.98 Å². The average Bonchev–Trinajstić information content (AvgIpc) is 3.10. The Morgan fingerprint density at radius 2 is 1.53 bits per heavy atom. The van der Waals surface area contributed by atoms with E-state index in [0.29, 0.717) is 6.42 Å². The molecule has 0 bridgehead atoms. The van der Waals surface area contributed by atoms with Crippen LogP contribution in [0.3, 0.4) is 0 Å². The molecule has 3 N–H and O–H groups in total. The summed E-state index contributed by atoms with van der Waals surface area (Å²) in [4.78, 5) is 27.7. The highest BCUT2D eigenvalue weighted by Gasteiger charge is 2.42. The molecule has 9 nitrogen and oxygen atoms in total. The fraction of sp³-hybridized carbons (Fsp3) is 0.808. The number of aliphatic hydroxyl groups excluding tert-OH is 2. The summed E-state index contributed by atoms with van der Waals surface area (Å²) in [5, 5.41) is 21.9. The van der Waals surface area contributed by atoms with E-state index in [4.69, 9.17) is 9.47 Å². The molecule has 0 radical (unpaired) electrons. The smallest absolute Gasteiger partial charge is 0.412 e. The molecule has 1 saturated heterocycles. The van der Waals surface area contributed by atoms with Crippen molar-refractivity contribution in [2.75, 3.05) is 11.9 Å². The van der Waals surface area contributed by atoms with Crippen molar-refractivity contribution in [3.8, 4) is 0 Å². The summed E-state index contributed by atoms with van der Waals surface area (Å²) in [6, 6.07) is 0. The van der Waals surface area contributed by atoms with Crippen molar-refractivity contribution < 1.29 is 28.9 Å². The molecule has 1 aliphatic heterocycles. The number of aromatic nitrogens is 2. The van der Waals surface area contributed by atoms with Gasteiger partial charge in [0.1, 0.15) is 12.2 Å². The number of hydrogen-bond acceptors (Lipinski definition) is 7. The highest BCUT2D eigenvalue weighted by atomic mass is 19.1. The number of carbonyl (C=O) groups is 1. The number of halogens is 1. The second-order valence-corrected chi connectivity index (χ2v) is 9.70. The van der Waals surface area contributed by atoms with Gasteiger partial charge in [0.2, 0.25) is 0 Å². The number of nitrogens with one attached hydrogen (secondary N) is 1. The first-order chi connectivity index (χ1) is 17.3. The van der Waals surface area contributed by atoms with Gasteiger partial charge >= 0.3 is 11.8 Å². The SMILES string of the molecule is CCCCCCCCCCCCCCCCOC(=O)Nc1nc(=O)n([C@@H]2O[C@H](C)[C@@H](O)[C@H]2O)cc1F. The van der Waals surface area contributed by atoms with Gasteiger partial charge in [-0.25, -0.2) is 14.0 Å². The molecule has 4 atom stereocenters. The van der Waals surface area contributed by atoms with Crippen LogP contribution < -0.4 is 11.0 Å². The molecule has 206 valence electrons. The van der Waals surface area contributed by atoms with Crippen LogP contribution in [-0.2, 0) is 9.47 Å². The van der Waals surface area contributed by atoms with E-state index in [2.05, 4.69) is 17.2 Å². The standard InChI is InChI=1S/C26H44FN3O6/c1-3-4-5-6-7-8-9-10-11-12-13-14-15-16-17-35-26(34)29-23-20(27)18-30(25(33)28-23)24-22(32)21(31)19(2)36-24/h18-19,21-22,24,31-32H,3-17H2,1-2H3,(H,28,29,33,34)/t19-,21-,22-,24-/m1/s1. The Morgan fingerprint density at radius 1 is 1.00 bits per heavy atom. The van der Waals surface area contributed by atoms with Crippen LogP contribution in [0.4, 0.5) is 15.0 Å². The third-order valence-electron chi connectivity index (χ3n) is 6.61. The highest BCUT2D eigenvalue weighted by Crippen LogP contribution is 2.28. The van der Waals surface area contributed by atoms with Crippen LogP contribution in [0.5, 0.6) is 0 Å². The zero-order valence-corrected chi connectivity index (χ0v) is 21.8. The third-order valence-corrected chi connectivity index (χ3v) is 6.61. The van der Waals surface area contributed by atoms with Gasteiger partial charge in [-0.15, -0.1) is 0 Å². The van der Waals surface area contributed by atoms with Crippen molar-refractivity contribution in [3.63, 3.8) is 0 Å². The Balaban J connectivity index is 1.55. The zero-order chi connectivity index (χ0) is 26.3. The summed E-state index contributed by atoms with van der Waals surface area (Å²) in [5.41, 5.74) is -0.941. The van der Waals surface area contributed by atoms with Gasteiger partial charge in [-0.05, 0) is 13.3 Å². The molecular weight excluding hydrogens is 469 g/mol. The number of ether oxygens (including phenoxy) is 2. The van der Waals surface area contributed by atoms with E-state index in [9.17, 15) is 24.2 Å². The van der Waals surface area contributed by atoms with Crippen molar-refractivity contribution in [2.45, 2.75) is 128 Å². The van der Waals surface area contributed by atoms with Crippen LogP contribution >= 0.6 is 0 Å². The summed E-state index contributed by atoms with van der Waals surface area (Å²) in [6.45, 7) is 3.96. The minimum atomic E-state index is -1.41. The molecular formula is C26H44FN3O6. The molecule has 36 heavy (non-hydrogen) atoms. The summed E-state index contributed by atoms with van der Waals surface area (Å²) in [7, 11) is 0. The Morgan fingerprint density at radius 3 is 2.03 bits per heavy atom. The molecule has 0 spiro atoms. The second-order valence-electron chi connectivity index (χ2n) is 9.70. The first-order valence-electron chi connectivity index (χ1n) is 13.6. The van der Waals surface area contributed by atoms with Crippen LogP contribution in [0, 0.1) is 5.82 Å². The predicted molar refractivity (Wildman–Crippen MR) is 135 cm³/mol. The quantitative estimate of drug-likeness (QED) is 0.249. The van der Waals surface area contributed by atoms with E-state index in [1.54, 1.807) is 0 Å². The van der Waals surface area contributed by atoms with E-state index < -0.39 is 48.0 Å². The van der Waals surface area contributed by atoms with E-state index >= 15 is 0 Å². The van der Waals surface area contributed by atoms with Crippen molar-refractivity contribution in [1.29, 1.82) is 0 Å². The zero-order valence-electron chi connectivity index (χ0n) is 21.8. The maximum atomic E-state index is 14.4. The summed E-state index contributed by atoms with van der Waals surface area (Å²) in [6.07, 6.45) is 12.4. The number of amides is 1. The van der Waals surface area contributed by atoms with Gasteiger partial charge < -0.3 is 19.7 Å². The predicted octanol–water partition coefficient (Wildman–Crippen LogP) is 5.05. The molecule has 2 rings (SSSR count). The molecule has 0 unspecified atom stereocenters. The maximum absolute atomic E-state index is 14.4. The van der Waals surface area contributed by atoms with Crippen molar-refractivity contribution in [2.24, 2.45) is 0 Å². The third kappa shape index (κ3) is 10.1. The number of carbonyl (C=O) groups excluding carboxylic acids is 1. The summed E-state index contributed by atoms with van der Waals surface area (Å²) in [5.74, 6) is -1.56. The van der Waals surface area contributed by atoms with Crippen LogP contribution in [0.25, 0.3) is 0 Å². The van der Waals surface area contributed by atoms with Gasteiger partial charge in [-0.1, -0.05) is 90.4 Å². The molecule has 1 aromatic heterocycles. The lowest BCUT2D eigenvalue weighted by Gasteiger charge is -2.17. The Hall–Kier alpha value is -2.04. The van der Waals surface area contributed by atoms with Crippen molar-refractivity contribution >= 4 is 11.9 Å². The Bertz CT molecular complexity index is 836. The molecule has 0 aromatic carbocycles. The Kier molecular flexibility index (Phi) is 14.0. The normalized spacial score (nSPS) is 21.6. The summed E-state index contributed by atoms with van der Waals surface area (Å²) < 4.78 is 25.5. The van der Waals surface area contributed by atoms with Gasteiger partial charge in [0.15, 0.2) is 17.9 Å². The van der Waals surface area contributed by atoms with Crippen LogP contribution in [0.15, 0.2) is 11.0 Å². The topological polar surface area (TPSA) is 123 Å². The molecule has 10 heteroatoms. The molecule has 1 aliphatic rings.